The number of benzene rings is 2. The van der Waals surface area contributed by atoms with E-state index in [0.717, 1.165) is 12.0 Å². The summed E-state index contributed by atoms with van der Waals surface area (Å²) in [7, 11) is 1.51. The van der Waals surface area contributed by atoms with Crippen LogP contribution in [0.4, 0.5) is 11.4 Å². The lowest BCUT2D eigenvalue weighted by molar-refractivity contribution is 0.102. The van der Waals surface area contributed by atoms with Crippen molar-refractivity contribution in [1.29, 1.82) is 0 Å². The van der Waals surface area contributed by atoms with E-state index < -0.39 is 0 Å². The van der Waals surface area contributed by atoms with Crippen LogP contribution in [-0.4, -0.2) is 19.6 Å². The maximum absolute atomic E-state index is 12.5. The van der Waals surface area contributed by atoms with Gasteiger partial charge in [0.1, 0.15) is 0 Å². The smallest absolute Gasteiger partial charge is 0.255 e. The van der Waals surface area contributed by atoms with Gasteiger partial charge in [0.05, 0.1) is 18.7 Å². The SMILES string of the molecule is CCCOc1c(Cl)cc(C(=O)Nc2cc(N)ccc2C)cc1OC.Cl. The van der Waals surface area contributed by atoms with Gasteiger partial charge >= 0.3 is 0 Å². The predicted octanol–water partition coefficient (Wildman–Crippen LogP) is 4.70. The monoisotopic (exact) mass is 384 g/mol. The van der Waals surface area contributed by atoms with E-state index in [2.05, 4.69) is 5.32 Å². The van der Waals surface area contributed by atoms with Gasteiger partial charge in [0, 0.05) is 16.9 Å². The number of nitrogens with one attached hydrogen (secondary N) is 1. The van der Waals surface area contributed by atoms with Crippen LogP contribution in [0.2, 0.25) is 5.02 Å². The Labute approximate surface area is 158 Å². The zero-order valence-electron chi connectivity index (χ0n) is 14.4. The van der Waals surface area contributed by atoms with Crippen LogP contribution >= 0.6 is 24.0 Å². The molecule has 0 aliphatic rings. The van der Waals surface area contributed by atoms with Crippen molar-refractivity contribution in [3.05, 3.63) is 46.5 Å². The van der Waals surface area contributed by atoms with E-state index in [9.17, 15) is 4.79 Å². The minimum atomic E-state index is -0.300. The summed E-state index contributed by atoms with van der Waals surface area (Å²) >= 11 is 6.25. The molecule has 0 unspecified atom stereocenters. The van der Waals surface area contributed by atoms with Crippen LogP contribution in [0.5, 0.6) is 11.5 Å². The Morgan fingerprint density at radius 2 is 2.00 bits per heavy atom. The fourth-order valence-electron chi connectivity index (χ4n) is 2.16. The van der Waals surface area contributed by atoms with E-state index in [0.29, 0.717) is 40.1 Å². The van der Waals surface area contributed by atoms with Crippen LogP contribution in [0.3, 0.4) is 0 Å². The first kappa shape index (κ1) is 20.9. The van der Waals surface area contributed by atoms with Crippen molar-refractivity contribution in [3.8, 4) is 11.5 Å². The van der Waals surface area contributed by atoms with E-state index in [1.165, 1.54) is 7.11 Å². The van der Waals surface area contributed by atoms with Crippen molar-refractivity contribution in [3.63, 3.8) is 0 Å². The zero-order chi connectivity index (χ0) is 17.7. The third kappa shape index (κ3) is 5.18. The molecule has 0 saturated heterocycles. The molecule has 25 heavy (non-hydrogen) atoms. The van der Waals surface area contributed by atoms with E-state index in [4.69, 9.17) is 26.8 Å². The molecule has 2 aromatic rings. The lowest BCUT2D eigenvalue weighted by Crippen LogP contribution is -2.13. The van der Waals surface area contributed by atoms with Gasteiger partial charge in [-0.05, 0) is 43.2 Å². The van der Waals surface area contributed by atoms with Crippen molar-refractivity contribution >= 4 is 41.3 Å². The van der Waals surface area contributed by atoms with Crippen LogP contribution in [-0.2, 0) is 0 Å². The van der Waals surface area contributed by atoms with Crippen LogP contribution < -0.4 is 20.5 Å². The number of ether oxygens (including phenoxy) is 2. The van der Waals surface area contributed by atoms with Crippen molar-refractivity contribution < 1.29 is 14.3 Å². The Morgan fingerprint density at radius 1 is 1.28 bits per heavy atom. The third-order valence-electron chi connectivity index (χ3n) is 3.45. The first-order chi connectivity index (χ1) is 11.5. The Hall–Kier alpha value is -2.11. The number of rotatable bonds is 6. The number of amides is 1. The maximum Gasteiger partial charge on any atom is 0.255 e. The predicted molar refractivity (Wildman–Crippen MR) is 105 cm³/mol. The van der Waals surface area contributed by atoms with Gasteiger partial charge in [-0.25, -0.2) is 0 Å². The van der Waals surface area contributed by atoms with Crippen LogP contribution in [0, 0.1) is 6.92 Å². The van der Waals surface area contributed by atoms with Gasteiger partial charge in [0.25, 0.3) is 5.91 Å². The van der Waals surface area contributed by atoms with E-state index in [1.807, 2.05) is 19.9 Å². The molecule has 2 rings (SSSR count). The number of nitrogens with two attached hydrogens (primary N) is 1. The summed E-state index contributed by atoms with van der Waals surface area (Å²) in [6.45, 7) is 4.41. The number of halogens is 2. The molecule has 0 aromatic heterocycles. The topological polar surface area (TPSA) is 73.6 Å². The van der Waals surface area contributed by atoms with Gasteiger partial charge in [-0.1, -0.05) is 24.6 Å². The maximum atomic E-state index is 12.5. The fraction of sp³-hybridized carbons (Fsp3) is 0.278. The van der Waals surface area contributed by atoms with Crippen LogP contribution in [0.25, 0.3) is 0 Å². The number of anilines is 2. The summed E-state index contributed by atoms with van der Waals surface area (Å²) in [5.41, 5.74) is 8.29. The second kappa shape index (κ2) is 9.39. The molecule has 0 aliphatic carbocycles. The zero-order valence-corrected chi connectivity index (χ0v) is 16.0. The van der Waals surface area contributed by atoms with E-state index in [-0.39, 0.29) is 18.3 Å². The van der Waals surface area contributed by atoms with Crippen molar-refractivity contribution in [2.75, 3.05) is 24.8 Å². The lowest BCUT2D eigenvalue weighted by Gasteiger charge is -2.14. The minimum absolute atomic E-state index is 0. The Balaban J connectivity index is 0.00000312. The Bertz CT molecular complexity index is 751. The molecule has 0 fully saturated rings. The number of nitrogen functional groups attached to an aromatic ring is 1. The summed E-state index contributed by atoms with van der Waals surface area (Å²) in [5, 5.41) is 3.17. The average molecular weight is 385 g/mol. The summed E-state index contributed by atoms with van der Waals surface area (Å²) in [6, 6.07) is 8.51. The fourth-order valence-corrected chi connectivity index (χ4v) is 2.43. The molecule has 136 valence electrons. The highest BCUT2D eigenvalue weighted by atomic mass is 35.5. The van der Waals surface area contributed by atoms with E-state index >= 15 is 0 Å². The summed E-state index contributed by atoms with van der Waals surface area (Å²) in [6.07, 6.45) is 0.844. The van der Waals surface area contributed by atoms with E-state index in [1.54, 1.807) is 24.3 Å². The molecule has 0 saturated carbocycles. The number of methoxy groups -OCH3 is 1. The van der Waals surface area contributed by atoms with Gasteiger partial charge < -0.3 is 20.5 Å². The lowest BCUT2D eigenvalue weighted by atomic mass is 10.1. The van der Waals surface area contributed by atoms with Crippen molar-refractivity contribution in [2.45, 2.75) is 20.3 Å². The molecule has 0 spiro atoms. The number of hydrogen-bond donors (Lipinski definition) is 2. The number of carbonyl (C=O) groups excluding carboxylic acids is 1. The number of aryl methyl sites for hydroxylation is 1. The molecule has 2 aromatic carbocycles. The molecule has 0 bridgehead atoms. The highest BCUT2D eigenvalue weighted by Gasteiger charge is 2.16. The van der Waals surface area contributed by atoms with Crippen molar-refractivity contribution in [2.24, 2.45) is 0 Å². The minimum Gasteiger partial charge on any atom is -0.493 e. The van der Waals surface area contributed by atoms with Crippen molar-refractivity contribution in [1.82, 2.24) is 0 Å². The van der Waals surface area contributed by atoms with Crippen LogP contribution in [0.15, 0.2) is 30.3 Å². The standard InChI is InChI=1S/C18H21ClN2O3.ClH/c1-4-7-24-17-14(19)8-12(9-16(17)23-3)18(22)21-15-10-13(20)6-5-11(15)2;/h5-6,8-10H,4,7,20H2,1-3H3,(H,21,22);1H. The second-order valence-electron chi connectivity index (χ2n) is 5.37. The van der Waals surface area contributed by atoms with Gasteiger partial charge in [-0.3, -0.25) is 4.79 Å². The van der Waals surface area contributed by atoms with Gasteiger partial charge in [-0.15, -0.1) is 12.4 Å². The van der Waals surface area contributed by atoms with Gasteiger partial charge in [-0.2, -0.15) is 0 Å². The highest BCUT2D eigenvalue weighted by Crippen LogP contribution is 2.36. The Kier molecular flexibility index (Phi) is 7.87. The molecule has 0 radical (unpaired) electrons. The molecule has 0 atom stereocenters. The molecule has 0 heterocycles. The second-order valence-corrected chi connectivity index (χ2v) is 5.77. The number of hydrogen-bond acceptors (Lipinski definition) is 4. The largest absolute Gasteiger partial charge is 0.493 e. The quantitative estimate of drug-likeness (QED) is 0.707. The third-order valence-corrected chi connectivity index (χ3v) is 3.73. The first-order valence-electron chi connectivity index (χ1n) is 7.64. The number of carbonyl (C=O) groups is 1. The molecule has 7 heteroatoms. The average Bonchev–Trinajstić information content (AvgIpc) is 2.56. The molecule has 3 N–H and O–H groups in total. The summed E-state index contributed by atoms with van der Waals surface area (Å²) < 4.78 is 10.9. The first-order valence-corrected chi connectivity index (χ1v) is 8.01. The molecule has 0 aliphatic heterocycles. The molecule has 1 amide bonds. The molecular formula is C18H22Cl2N2O3. The van der Waals surface area contributed by atoms with Gasteiger partial charge in [0.15, 0.2) is 11.5 Å². The normalized spacial score (nSPS) is 9.92. The molecule has 5 nitrogen and oxygen atoms in total. The van der Waals surface area contributed by atoms with Gasteiger partial charge in [0.2, 0.25) is 0 Å². The summed E-state index contributed by atoms with van der Waals surface area (Å²) in [4.78, 5) is 12.5. The van der Waals surface area contributed by atoms with Crippen LogP contribution in [0.1, 0.15) is 29.3 Å². The highest BCUT2D eigenvalue weighted by molar-refractivity contribution is 6.32. The Morgan fingerprint density at radius 3 is 2.64 bits per heavy atom. The summed E-state index contributed by atoms with van der Waals surface area (Å²) in [5.74, 6) is 0.564. The molecular weight excluding hydrogens is 363 g/mol.